The number of nitrogens with zero attached hydrogens (tertiary/aromatic N) is 3. The van der Waals surface area contributed by atoms with Crippen LogP contribution >= 0.6 is 11.6 Å². The Hall–Kier alpha value is -2.31. The monoisotopic (exact) mass is 360 g/mol. The molecule has 0 spiro atoms. The third kappa shape index (κ3) is 5.08. The first kappa shape index (κ1) is 17.5. The predicted molar refractivity (Wildman–Crippen MR) is 98.2 cm³/mol. The molecule has 1 aromatic carbocycles. The van der Waals surface area contributed by atoms with Crippen LogP contribution in [0.3, 0.4) is 0 Å². The van der Waals surface area contributed by atoms with E-state index in [1.54, 1.807) is 24.5 Å². The van der Waals surface area contributed by atoms with Crippen LogP contribution in [0.5, 0.6) is 5.75 Å². The molecular weight excluding hydrogens is 340 g/mol. The van der Waals surface area contributed by atoms with Gasteiger partial charge in [-0.15, -0.1) is 0 Å². The number of rotatable bonds is 5. The van der Waals surface area contributed by atoms with Crippen LogP contribution in [0, 0.1) is 0 Å². The third-order valence-corrected chi connectivity index (χ3v) is 4.41. The number of halogens is 1. The molecule has 6 nitrogen and oxygen atoms in total. The van der Waals surface area contributed by atoms with E-state index in [0.29, 0.717) is 30.5 Å². The average Bonchev–Trinajstić information content (AvgIpc) is 2.65. The summed E-state index contributed by atoms with van der Waals surface area (Å²) < 4.78 is 5.72. The number of nitrogens with one attached hydrogen (secondary N) is 1. The summed E-state index contributed by atoms with van der Waals surface area (Å²) in [6.07, 6.45) is 3.32. The summed E-state index contributed by atoms with van der Waals surface area (Å²) in [4.78, 5) is 20.3. The fourth-order valence-corrected chi connectivity index (χ4v) is 2.85. The van der Waals surface area contributed by atoms with E-state index in [4.69, 9.17) is 16.3 Å². The zero-order valence-electron chi connectivity index (χ0n) is 13.9. The van der Waals surface area contributed by atoms with Crippen LogP contribution in [0.4, 0.5) is 10.5 Å². The number of benzene rings is 1. The molecule has 1 aliphatic rings. The number of pyridine rings is 1. The van der Waals surface area contributed by atoms with Crippen LogP contribution in [0.15, 0.2) is 48.8 Å². The van der Waals surface area contributed by atoms with Gasteiger partial charge in [0.2, 0.25) is 0 Å². The maximum absolute atomic E-state index is 12.2. The molecule has 0 saturated carbocycles. The number of hydrogen-bond acceptors (Lipinski definition) is 4. The lowest BCUT2D eigenvalue weighted by Crippen LogP contribution is -2.50. The lowest BCUT2D eigenvalue weighted by molar-refractivity contribution is 0.132. The first-order valence-corrected chi connectivity index (χ1v) is 8.66. The molecule has 132 valence electrons. The number of carbonyl (C=O) groups is 1. The Morgan fingerprint density at radius 1 is 1.12 bits per heavy atom. The van der Waals surface area contributed by atoms with E-state index in [1.165, 1.54) is 0 Å². The molecule has 1 aliphatic heterocycles. The molecule has 25 heavy (non-hydrogen) atoms. The highest BCUT2D eigenvalue weighted by Gasteiger charge is 2.21. The second-order valence-electron chi connectivity index (χ2n) is 5.77. The van der Waals surface area contributed by atoms with Gasteiger partial charge in [-0.25, -0.2) is 4.79 Å². The zero-order chi connectivity index (χ0) is 17.5. The van der Waals surface area contributed by atoms with Crippen molar-refractivity contribution in [1.82, 2.24) is 14.8 Å². The second-order valence-corrected chi connectivity index (χ2v) is 6.18. The van der Waals surface area contributed by atoms with Gasteiger partial charge in [-0.2, -0.15) is 0 Å². The summed E-state index contributed by atoms with van der Waals surface area (Å²) in [5, 5.41) is 3.51. The lowest BCUT2D eigenvalue weighted by Gasteiger charge is -2.34. The van der Waals surface area contributed by atoms with Crippen molar-refractivity contribution in [3.8, 4) is 5.75 Å². The molecule has 0 unspecified atom stereocenters. The van der Waals surface area contributed by atoms with Gasteiger partial charge in [0.1, 0.15) is 12.4 Å². The van der Waals surface area contributed by atoms with Gasteiger partial charge in [0.15, 0.2) is 0 Å². The summed E-state index contributed by atoms with van der Waals surface area (Å²) in [6.45, 7) is 4.44. The number of amides is 2. The first-order valence-electron chi connectivity index (χ1n) is 8.28. The zero-order valence-corrected chi connectivity index (χ0v) is 14.7. The maximum Gasteiger partial charge on any atom is 0.321 e. The molecule has 1 fully saturated rings. The van der Waals surface area contributed by atoms with Crippen LogP contribution in [-0.2, 0) is 0 Å². The number of urea groups is 1. The van der Waals surface area contributed by atoms with E-state index in [0.717, 1.165) is 25.3 Å². The summed E-state index contributed by atoms with van der Waals surface area (Å²) in [5.41, 5.74) is 0.760. The summed E-state index contributed by atoms with van der Waals surface area (Å²) in [6, 6.07) is 11.0. The van der Waals surface area contributed by atoms with Crippen LogP contribution in [0.2, 0.25) is 5.02 Å². The van der Waals surface area contributed by atoms with Crippen molar-refractivity contribution >= 4 is 23.3 Å². The van der Waals surface area contributed by atoms with Crippen molar-refractivity contribution in [1.29, 1.82) is 0 Å². The number of hydrogen-bond donors (Lipinski definition) is 1. The van der Waals surface area contributed by atoms with E-state index >= 15 is 0 Å². The Bertz CT molecular complexity index is 690. The first-order chi connectivity index (χ1) is 12.2. The van der Waals surface area contributed by atoms with Gasteiger partial charge in [0.05, 0.1) is 5.02 Å². The fourth-order valence-electron chi connectivity index (χ4n) is 2.66. The molecule has 0 bridgehead atoms. The second kappa shape index (κ2) is 8.69. The Morgan fingerprint density at radius 2 is 1.84 bits per heavy atom. The molecule has 1 aromatic heterocycles. The molecule has 2 aromatic rings. The van der Waals surface area contributed by atoms with Crippen LogP contribution in [0.1, 0.15) is 0 Å². The Labute approximate surface area is 152 Å². The van der Waals surface area contributed by atoms with Crippen LogP contribution in [-0.4, -0.2) is 60.1 Å². The highest BCUT2D eigenvalue weighted by atomic mass is 35.5. The van der Waals surface area contributed by atoms with E-state index in [1.807, 2.05) is 29.2 Å². The van der Waals surface area contributed by atoms with Gasteiger partial charge >= 0.3 is 6.03 Å². The molecule has 2 heterocycles. The molecule has 3 rings (SSSR count). The average molecular weight is 361 g/mol. The van der Waals surface area contributed by atoms with Gasteiger partial charge in [-0.1, -0.05) is 23.7 Å². The fraction of sp³-hybridized carbons (Fsp3) is 0.333. The third-order valence-electron chi connectivity index (χ3n) is 4.09. The molecule has 7 heteroatoms. The lowest BCUT2D eigenvalue weighted by atomic mass is 10.3. The Morgan fingerprint density at radius 3 is 2.56 bits per heavy atom. The van der Waals surface area contributed by atoms with Gasteiger partial charge in [0, 0.05) is 50.8 Å². The standard InChI is InChI=1S/C18H21ClN4O2/c19-16-3-1-2-4-17(16)25-14-13-22-9-11-23(12-10-22)18(24)21-15-5-7-20-8-6-15/h1-8H,9-14H2,(H,20,21,24). The van der Waals surface area contributed by atoms with E-state index in [-0.39, 0.29) is 6.03 Å². The van der Waals surface area contributed by atoms with Crippen molar-refractivity contribution in [2.24, 2.45) is 0 Å². The number of para-hydroxylation sites is 1. The summed E-state index contributed by atoms with van der Waals surface area (Å²) in [5.74, 6) is 0.708. The molecule has 1 saturated heterocycles. The number of aromatic nitrogens is 1. The SMILES string of the molecule is O=C(Nc1ccncc1)N1CCN(CCOc2ccccc2Cl)CC1. The van der Waals surface area contributed by atoms with Crippen LogP contribution in [0.25, 0.3) is 0 Å². The summed E-state index contributed by atoms with van der Waals surface area (Å²) >= 11 is 6.07. The molecular formula is C18H21ClN4O2. The smallest absolute Gasteiger partial charge is 0.321 e. The topological polar surface area (TPSA) is 57.7 Å². The van der Waals surface area contributed by atoms with Gasteiger partial charge in [-0.3, -0.25) is 9.88 Å². The predicted octanol–water partition coefficient (Wildman–Crippen LogP) is 2.96. The molecule has 0 radical (unpaired) electrons. The van der Waals surface area contributed by atoms with Gasteiger partial charge in [-0.05, 0) is 24.3 Å². The maximum atomic E-state index is 12.2. The van der Waals surface area contributed by atoms with E-state index < -0.39 is 0 Å². The van der Waals surface area contributed by atoms with Crippen molar-refractivity contribution in [3.63, 3.8) is 0 Å². The number of piperazine rings is 1. The van der Waals surface area contributed by atoms with Crippen molar-refractivity contribution < 1.29 is 9.53 Å². The van der Waals surface area contributed by atoms with Crippen molar-refractivity contribution in [2.45, 2.75) is 0 Å². The Kier molecular flexibility index (Phi) is 6.09. The van der Waals surface area contributed by atoms with Crippen molar-refractivity contribution in [2.75, 3.05) is 44.6 Å². The molecule has 0 atom stereocenters. The van der Waals surface area contributed by atoms with E-state index in [9.17, 15) is 4.79 Å². The normalized spacial score (nSPS) is 15.0. The molecule has 1 N–H and O–H groups in total. The van der Waals surface area contributed by atoms with Crippen LogP contribution < -0.4 is 10.1 Å². The number of ether oxygens (including phenoxy) is 1. The minimum absolute atomic E-state index is 0.0711. The van der Waals surface area contributed by atoms with Gasteiger partial charge in [0.25, 0.3) is 0 Å². The largest absolute Gasteiger partial charge is 0.491 e. The van der Waals surface area contributed by atoms with Crippen molar-refractivity contribution in [3.05, 3.63) is 53.8 Å². The van der Waals surface area contributed by atoms with Gasteiger partial charge < -0.3 is 15.0 Å². The Balaban J connectivity index is 1.38. The minimum Gasteiger partial charge on any atom is -0.491 e. The number of anilines is 1. The van der Waals surface area contributed by atoms with E-state index in [2.05, 4.69) is 15.2 Å². The molecule has 2 amide bonds. The molecule has 0 aliphatic carbocycles. The quantitative estimate of drug-likeness (QED) is 0.890. The minimum atomic E-state index is -0.0711. The highest BCUT2D eigenvalue weighted by Crippen LogP contribution is 2.22. The summed E-state index contributed by atoms with van der Waals surface area (Å²) in [7, 11) is 0. The number of carbonyl (C=O) groups excluding carboxylic acids is 1. The highest BCUT2D eigenvalue weighted by molar-refractivity contribution is 6.32.